The zero-order valence-corrected chi connectivity index (χ0v) is 11.0. The molecule has 1 aliphatic rings. The molecule has 0 amide bonds. The van der Waals surface area contributed by atoms with Crippen LogP contribution in [0.5, 0.6) is 0 Å². The van der Waals surface area contributed by atoms with Crippen LogP contribution in [0.1, 0.15) is 30.9 Å². The van der Waals surface area contributed by atoms with Gasteiger partial charge in [0.25, 0.3) is 0 Å². The maximum Gasteiger partial charge on any atom is 0.416 e. The Kier molecular flexibility index (Phi) is 4.04. The van der Waals surface area contributed by atoms with Gasteiger partial charge >= 0.3 is 6.18 Å². The lowest BCUT2D eigenvalue weighted by Crippen LogP contribution is -2.32. The van der Waals surface area contributed by atoms with Gasteiger partial charge < -0.3 is 10.6 Å². The minimum atomic E-state index is -4.26. The molecule has 1 aromatic carbocycles. The van der Waals surface area contributed by atoms with Crippen LogP contribution in [0.25, 0.3) is 0 Å². The van der Waals surface area contributed by atoms with Crippen molar-refractivity contribution in [2.45, 2.75) is 38.4 Å². The first-order valence-corrected chi connectivity index (χ1v) is 6.64. The molecule has 0 aromatic heterocycles. The van der Waals surface area contributed by atoms with Gasteiger partial charge in [-0.05, 0) is 56.5 Å². The van der Waals surface area contributed by atoms with Gasteiger partial charge in [0.05, 0.1) is 5.56 Å². The molecule has 0 fully saturated rings. The number of nitrogens with zero attached hydrogens (tertiary/aromatic N) is 1. The zero-order valence-electron chi connectivity index (χ0n) is 11.0. The molecule has 0 radical (unpaired) electrons. The molecule has 2 N–H and O–H groups in total. The van der Waals surface area contributed by atoms with Crippen molar-refractivity contribution in [1.82, 2.24) is 0 Å². The van der Waals surface area contributed by atoms with E-state index in [0.717, 1.165) is 30.6 Å². The van der Waals surface area contributed by atoms with E-state index in [9.17, 15) is 13.2 Å². The standard InChI is InChI=1S/C14H19F3N2/c1-2-19-12(4-3-7-18)9-10-8-11(14(15,16)17)5-6-13(10)19/h5-6,8,12H,2-4,7,9,18H2,1H3. The van der Waals surface area contributed by atoms with Crippen molar-refractivity contribution in [3.05, 3.63) is 29.3 Å². The molecule has 0 spiro atoms. The fourth-order valence-corrected chi connectivity index (χ4v) is 2.81. The van der Waals surface area contributed by atoms with Crippen LogP contribution in [-0.2, 0) is 12.6 Å². The monoisotopic (exact) mass is 272 g/mol. The number of rotatable bonds is 4. The van der Waals surface area contributed by atoms with E-state index in [2.05, 4.69) is 4.90 Å². The second-order valence-electron chi connectivity index (χ2n) is 4.92. The van der Waals surface area contributed by atoms with Gasteiger partial charge in [0, 0.05) is 18.3 Å². The number of likely N-dealkylation sites (N-methyl/N-ethyl adjacent to an activating group) is 1. The number of hydrogen-bond donors (Lipinski definition) is 1. The van der Waals surface area contributed by atoms with E-state index in [1.807, 2.05) is 6.92 Å². The van der Waals surface area contributed by atoms with E-state index in [4.69, 9.17) is 5.73 Å². The highest BCUT2D eigenvalue weighted by Crippen LogP contribution is 2.38. The van der Waals surface area contributed by atoms with Gasteiger partial charge in [-0.2, -0.15) is 13.2 Å². The maximum atomic E-state index is 12.7. The summed E-state index contributed by atoms with van der Waals surface area (Å²) >= 11 is 0. The summed E-state index contributed by atoms with van der Waals surface area (Å²) in [6.07, 6.45) is -1.74. The van der Waals surface area contributed by atoms with Crippen molar-refractivity contribution in [2.24, 2.45) is 5.73 Å². The zero-order chi connectivity index (χ0) is 14.0. The Hall–Kier alpha value is -1.23. The number of halogens is 3. The summed E-state index contributed by atoms with van der Waals surface area (Å²) in [5, 5.41) is 0. The first-order chi connectivity index (χ1) is 8.97. The number of benzene rings is 1. The minimum absolute atomic E-state index is 0.284. The van der Waals surface area contributed by atoms with Crippen LogP contribution in [0.15, 0.2) is 18.2 Å². The molecule has 106 valence electrons. The normalized spacial score (nSPS) is 18.8. The fourth-order valence-electron chi connectivity index (χ4n) is 2.81. The first-order valence-electron chi connectivity index (χ1n) is 6.64. The highest BCUT2D eigenvalue weighted by Gasteiger charge is 2.34. The molecule has 1 unspecified atom stereocenters. The molecule has 5 heteroatoms. The molecule has 0 aliphatic carbocycles. The van der Waals surface area contributed by atoms with Crippen LogP contribution in [0.3, 0.4) is 0 Å². The predicted octanol–water partition coefficient (Wildman–Crippen LogP) is 3.20. The molecule has 1 aliphatic heterocycles. The molecule has 2 rings (SSSR count). The summed E-state index contributed by atoms with van der Waals surface area (Å²) in [6.45, 7) is 3.47. The minimum Gasteiger partial charge on any atom is -0.368 e. The van der Waals surface area contributed by atoms with Gasteiger partial charge in [-0.25, -0.2) is 0 Å². The summed E-state index contributed by atoms with van der Waals surface area (Å²) < 4.78 is 38.1. The Morgan fingerprint density at radius 3 is 2.68 bits per heavy atom. The predicted molar refractivity (Wildman–Crippen MR) is 70.2 cm³/mol. The molecule has 0 bridgehead atoms. The van der Waals surface area contributed by atoms with E-state index < -0.39 is 11.7 Å². The lowest BCUT2D eigenvalue weighted by Gasteiger charge is -2.26. The van der Waals surface area contributed by atoms with Crippen molar-refractivity contribution in [3.63, 3.8) is 0 Å². The molecule has 19 heavy (non-hydrogen) atoms. The average molecular weight is 272 g/mol. The van der Waals surface area contributed by atoms with Crippen LogP contribution in [0.4, 0.5) is 18.9 Å². The number of fused-ring (bicyclic) bond motifs is 1. The third-order valence-corrected chi connectivity index (χ3v) is 3.69. The molecular weight excluding hydrogens is 253 g/mol. The van der Waals surface area contributed by atoms with E-state index >= 15 is 0 Å². The van der Waals surface area contributed by atoms with Crippen LogP contribution in [-0.4, -0.2) is 19.1 Å². The van der Waals surface area contributed by atoms with Crippen molar-refractivity contribution in [3.8, 4) is 0 Å². The van der Waals surface area contributed by atoms with Gasteiger partial charge in [-0.15, -0.1) is 0 Å². The average Bonchev–Trinajstić information content (AvgIpc) is 2.71. The van der Waals surface area contributed by atoms with Crippen molar-refractivity contribution in [1.29, 1.82) is 0 Å². The van der Waals surface area contributed by atoms with Gasteiger partial charge in [-0.3, -0.25) is 0 Å². The van der Waals surface area contributed by atoms with E-state index in [0.29, 0.717) is 13.0 Å². The topological polar surface area (TPSA) is 29.3 Å². The summed E-state index contributed by atoms with van der Waals surface area (Å²) in [7, 11) is 0. The van der Waals surface area contributed by atoms with E-state index in [1.54, 1.807) is 6.07 Å². The SMILES string of the molecule is CCN1c2ccc(C(F)(F)F)cc2CC1CCCN. The molecule has 1 heterocycles. The Labute approximate surface area is 111 Å². The van der Waals surface area contributed by atoms with Crippen LogP contribution < -0.4 is 10.6 Å². The van der Waals surface area contributed by atoms with Crippen LogP contribution in [0.2, 0.25) is 0 Å². The Morgan fingerprint density at radius 2 is 2.11 bits per heavy atom. The summed E-state index contributed by atoms with van der Waals surface area (Å²) in [5.41, 5.74) is 6.71. The third kappa shape index (κ3) is 2.86. The second-order valence-corrected chi connectivity index (χ2v) is 4.92. The summed E-state index contributed by atoms with van der Waals surface area (Å²) in [5.74, 6) is 0. The van der Waals surface area contributed by atoms with E-state index in [1.165, 1.54) is 12.1 Å². The summed E-state index contributed by atoms with van der Waals surface area (Å²) in [6, 6.07) is 4.35. The second kappa shape index (κ2) is 5.41. The fraction of sp³-hybridized carbons (Fsp3) is 0.571. The van der Waals surface area contributed by atoms with Gasteiger partial charge in [0.15, 0.2) is 0 Å². The smallest absolute Gasteiger partial charge is 0.368 e. The quantitative estimate of drug-likeness (QED) is 0.912. The lowest BCUT2D eigenvalue weighted by atomic mass is 10.0. The van der Waals surface area contributed by atoms with Crippen molar-refractivity contribution >= 4 is 5.69 Å². The van der Waals surface area contributed by atoms with Gasteiger partial charge in [-0.1, -0.05) is 0 Å². The first kappa shape index (κ1) is 14.2. The molecule has 1 aromatic rings. The van der Waals surface area contributed by atoms with Crippen molar-refractivity contribution in [2.75, 3.05) is 18.0 Å². The Morgan fingerprint density at radius 1 is 1.37 bits per heavy atom. The maximum absolute atomic E-state index is 12.7. The largest absolute Gasteiger partial charge is 0.416 e. The molecule has 1 atom stereocenters. The number of hydrogen-bond acceptors (Lipinski definition) is 2. The molecule has 0 saturated heterocycles. The Bertz CT molecular complexity index is 443. The highest BCUT2D eigenvalue weighted by atomic mass is 19.4. The van der Waals surface area contributed by atoms with Gasteiger partial charge in [0.1, 0.15) is 0 Å². The molecule has 2 nitrogen and oxygen atoms in total. The third-order valence-electron chi connectivity index (χ3n) is 3.69. The van der Waals surface area contributed by atoms with Crippen molar-refractivity contribution < 1.29 is 13.2 Å². The lowest BCUT2D eigenvalue weighted by molar-refractivity contribution is -0.137. The van der Waals surface area contributed by atoms with Crippen LogP contribution >= 0.6 is 0 Å². The van der Waals surface area contributed by atoms with Gasteiger partial charge in [0.2, 0.25) is 0 Å². The van der Waals surface area contributed by atoms with E-state index in [-0.39, 0.29) is 6.04 Å². The number of nitrogens with two attached hydrogens (primary N) is 1. The summed E-state index contributed by atoms with van der Waals surface area (Å²) in [4.78, 5) is 2.19. The molecule has 0 saturated carbocycles. The Balaban J connectivity index is 2.25. The molecular formula is C14H19F3N2. The number of alkyl halides is 3. The van der Waals surface area contributed by atoms with Crippen LogP contribution in [0, 0.1) is 0 Å². The highest BCUT2D eigenvalue weighted by molar-refractivity contribution is 5.60. The number of anilines is 1.